The molecule has 0 aromatic heterocycles. The molecule has 0 saturated heterocycles. The second-order valence-corrected chi connectivity index (χ2v) is 12.0. The van der Waals surface area contributed by atoms with E-state index in [9.17, 15) is 0 Å². The zero-order chi connectivity index (χ0) is 21.0. The van der Waals surface area contributed by atoms with Gasteiger partial charge in [0.05, 0.1) is 9.52 Å². The van der Waals surface area contributed by atoms with E-state index in [2.05, 4.69) is 109 Å². The Bertz CT molecular complexity index is 1020. The van der Waals surface area contributed by atoms with Gasteiger partial charge in [0.25, 0.3) is 0 Å². The number of hydrogen-bond donors (Lipinski definition) is 0. The molecule has 29 heavy (non-hydrogen) atoms. The lowest BCUT2D eigenvalue weighted by atomic mass is 9.86. The first-order valence-corrected chi connectivity index (χ1v) is 11.7. The minimum Gasteiger partial charge on any atom is -0.0749 e. The Morgan fingerprint density at radius 1 is 0.862 bits per heavy atom. The molecule has 0 heterocycles. The molecule has 1 unspecified atom stereocenters. The van der Waals surface area contributed by atoms with E-state index in [1.807, 2.05) is 0 Å². The van der Waals surface area contributed by atoms with Gasteiger partial charge in [-0.25, -0.2) is 0 Å². The molecule has 0 nitrogen and oxygen atoms in total. The third-order valence-electron chi connectivity index (χ3n) is 6.45. The summed E-state index contributed by atoms with van der Waals surface area (Å²) in [7, 11) is 0.835. The summed E-state index contributed by atoms with van der Waals surface area (Å²) in [5.74, 6) is 0. The van der Waals surface area contributed by atoms with Crippen LogP contribution in [0.3, 0.4) is 0 Å². The van der Waals surface area contributed by atoms with Gasteiger partial charge in [0.15, 0.2) is 0 Å². The first-order chi connectivity index (χ1) is 13.6. The average molecular weight is 397 g/mol. The quantitative estimate of drug-likeness (QED) is 0.463. The highest BCUT2D eigenvalue weighted by Crippen LogP contribution is 2.47. The first-order valence-electron chi connectivity index (χ1n) is 10.7. The summed E-state index contributed by atoms with van der Waals surface area (Å²) >= 11 is 0. The number of benzene rings is 2. The molecule has 2 radical (unpaired) electrons. The summed E-state index contributed by atoms with van der Waals surface area (Å²) in [5, 5.41) is 0.180. The maximum absolute atomic E-state index is 2.47. The zero-order valence-electron chi connectivity index (χ0n) is 18.9. The van der Waals surface area contributed by atoms with Gasteiger partial charge in [-0.05, 0) is 64.6 Å². The van der Waals surface area contributed by atoms with Crippen molar-refractivity contribution in [2.45, 2.75) is 64.5 Å². The Morgan fingerprint density at radius 3 is 2.07 bits per heavy atom. The summed E-state index contributed by atoms with van der Waals surface area (Å²) in [6, 6.07) is 16.1. The summed E-state index contributed by atoms with van der Waals surface area (Å²) in [6.07, 6.45) is 7.38. The van der Waals surface area contributed by atoms with Gasteiger partial charge in [0, 0.05) is 0 Å². The highest BCUT2D eigenvalue weighted by molar-refractivity contribution is 6.46. The number of allylic oxidation sites excluding steroid dienone is 5. The van der Waals surface area contributed by atoms with Gasteiger partial charge < -0.3 is 0 Å². The van der Waals surface area contributed by atoms with Crippen LogP contribution in [0.1, 0.15) is 70.7 Å². The predicted octanol–water partition coefficient (Wildman–Crippen LogP) is 7.90. The molecular formula is C28H32Si. The van der Waals surface area contributed by atoms with Gasteiger partial charge in [-0.1, -0.05) is 105 Å². The Labute approximate surface area is 179 Å². The fourth-order valence-corrected chi connectivity index (χ4v) is 6.65. The van der Waals surface area contributed by atoms with Crippen LogP contribution in [0.4, 0.5) is 0 Å². The average Bonchev–Trinajstić information content (AvgIpc) is 3.09. The van der Waals surface area contributed by atoms with Crippen LogP contribution in [0.15, 0.2) is 71.3 Å². The van der Waals surface area contributed by atoms with E-state index in [4.69, 9.17) is 0 Å². The van der Waals surface area contributed by atoms with Crippen LogP contribution >= 0.6 is 0 Å². The highest BCUT2D eigenvalue weighted by atomic mass is 28.2. The molecule has 1 heteroatoms. The number of fused-ring (bicyclic) bond motifs is 1. The van der Waals surface area contributed by atoms with Crippen molar-refractivity contribution in [3.8, 4) is 11.1 Å². The molecule has 0 bridgehead atoms. The molecule has 0 amide bonds. The van der Waals surface area contributed by atoms with E-state index in [-0.39, 0.29) is 10.5 Å². The molecule has 4 rings (SSSR count). The predicted molar refractivity (Wildman–Crippen MR) is 129 cm³/mol. The van der Waals surface area contributed by atoms with Crippen molar-refractivity contribution in [1.29, 1.82) is 0 Å². The second-order valence-electron chi connectivity index (χ2n) is 10.0. The van der Waals surface area contributed by atoms with Crippen LogP contribution in [0.5, 0.6) is 0 Å². The van der Waals surface area contributed by atoms with Crippen LogP contribution in [0.2, 0.25) is 5.04 Å². The van der Waals surface area contributed by atoms with Crippen molar-refractivity contribution in [3.05, 3.63) is 88.0 Å². The largest absolute Gasteiger partial charge is 0.0749 e. The third kappa shape index (κ3) is 3.73. The van der Waals surface area contributed by atoms with Gasteiger partial charge in [-0.15, -0.1) is 0 Å². The summed E-state index contributed by atoms with van der Waals surface area (Å²) in [4.78, 5) is 0. The zero-order valence-corrected chi connectivity index (χ0v) is 19.9. The van der Waals surface area contributed by atoms with Crippen LogP contribution in [0, 0.1) is 0 Å². The van der Waals surface area contributed by atoms with Crippen molar-refractivity contribution in [3.63, 3.8) is 0 Å². The molecule has 2 aromatic rings. The molecular weight excluding hydrogens is 364 g/mol. The van der Waals surface area contributed by atoms with Crippen molar-refractivity contribution in [2.24, 2.45) is 0 Å². The van der Waals surface area contributed by atoms with E-state index < -0.39 is 0 Å². The lowest BCUT2D eigenvalue weighted by molar-refractivity contribution is 0.590. The monoisotopic (exact) mass is 396 g/mol. The van der Waals surface area contributed by atoms with Gasteiger partial charge in [-0.3, -0.25) is 0 Å². The summed E-state index contributed by atoms with van der Waals surface area (Å²) in [5.41, 5.74) is 12.1. The van der Waals surface area contributed by atoms with E-state index in [0.717, 1.165) is 9.52 Å². The molecule has 0 N–H and O–H groups in total. The number of rotatable bonds is 3. The Balaban J connectivity index is 1.69. The second kappa shape index (κ2) is 6.99. The molecule has 0 saturated carbocycles. The van der Waals surface area contributed by atoms with Gasteiger partial charge in [0.1, 0.15) is 0 Å². The van der Waals surface area contributed by atoms with Crippen LogP contribution in [0.25, 0.3) is 17.2 Å². The molecule has 0 fully saturated rings. The maximum Gasteiger partial charge on any atom is 0.0706 e. The minimum atomic E-state index is 0.180. The fraction of sp³-hybridized carbons (Fsp3) is 0.357. The van der Waals surface area contributed by atoms with Crippen molar-refractivity contribution < 1.29 is 0 Å². The van der Waals surface area contributed by atoms with Crippen LogP contribution < -0.4 is 0 Å². The molecule has 0 aliphatic heterocycles. The van der Waals surface area contributed by atoms with E-state index in [1.54, 1.807) is 0 Å². The maximum atomic E-state index is 2.47. The van der Waals surface area contributed by atoms with Crippen molar-refractivity contribution >= 4 is 15.6 Å². The molecule has 148 valence electrons. The van der Waals surface area contributed by atoms with Crippen LogP contribution in [-0.4, -0.2) is 9.52 Å². The van der Waals surface area contributed by atoms with Crippen LogP contribution in [-0.2, 0) is 5.41 Å². The Hall–Kier alpha value is -2.12. The lowest BCUT2D eigenvalue weighted by Gasteiger charge is -2.25. The molecule has 2 aliphatic rings. The molecule has 2 aromatic carbocycles. The Kier molecular flexibility index (Phi) is 4.86. The molecule has 0 spiro atoms. The van der Waals surface area contributed by atoms with E-state index in [1.165, 1.54) is 44.5 Å². The fourth-order valence-electron chi connectivity index (χ4n) is 4.71. The van der Waals surface area contributed by atoms with Crippen molar-refractivity contribution in [2.75, 3.05) is 0 Å². The SMILES string of the molecule is CC1=CC(C)([Si]C2C(C)=Cc3c(-c4ccc(C(C)(C)C)cc4)cccc32)C=C1C. The first kappa shape index (κ1) is 20.2. The van der Waals surface area contributed by atoms with Gasteiger partial charge >= 0.3 is 0 Å². The third-order valence-corrected chi connectivity index (χ3v) is 8.42. The Morgan fingerprint density at radius 2 is 1.48 bits per heavy atom. The lowest BCUT2D eigenvalue weighted by Crippen LogP contribution is -2.19. The molecule has 2 aliphatic carbocycles. The summed E-state index contributed by atoms with van der Waals surface area (Å²) < 4.78 is 0. The standard InChI is InChI=1S/C28H32Si/c1-18-15-25-23(21-11-13-22(14-12-21)27(4,5)6)9-8-10-24(25)26(18)29-28(7)16-19(2)20(3)17-28/h8-17,26H,1-7H3. The summed E-state index contributed by atoms with van der Waals surface area (Å²) in [6.45, 7) is 16.0. The van der Waals surface area contributed by atoms with E-state index >= 15 is 0 Å². The van der Waals surface area contributed by atoms with E-state index in [0.29, 0.717) is 5.54 Å². The normalized spacial score (nSPS) is 20.2. The van der Waals surface area contributed by atoms with Gasteiger partial charge in [0.2, 0.25) is 0 Å². The van der Waals surface area contributed by atoms with Gasteiger partial charge in [-0.2, -0.15) is 0 Å². The number of hydrogen-bond acceptors (Lipinski definition) is 0. The highest BCUT2D eigenvalue weighted by Gasteiger charge is 2.34. The minimum absolute atomic E-state index is 0.180. The topological polar surface area (TPSA) is 0 Å². The molecule has 1 atom stereocenters. The van der Waals surface area contributed by atoms with Crippen molar-refractivity contribution in [1.82, 2.24) is 0 Å². The smallest absolute Gasteiger partial charge is 0.0706 e.